The van der Waals surface area contributed by atoms with Gasteiger partial charge in [0.05, 0.1) is 17.6 Å². The number of hydrogen-bond acceptors (Lipinski definition) is 6. The average molecular weight is 395 g/mol. The number of hydrogen-bond donors (Lipinski definition) is 1. The first kappa shape index (κ1) is 20.4. The van der Waals surface area contributed by atoms with Gasteiger partial charge < -0.3 is 9.47 Å². The molecule has 144 valence electrons. The van der Waals surface area contributed by atoms with Crippen molar-refractivity contribution in [2.24, 2.45) is 0 Å². The second-order valence-electron chi connectivity index (χ2n) is 5.62. The zero-order chi connectivity index (χ0) is 20.2. The first-order chi connectivity index (χ1) is 12.7. The molecule has 0 aliphatic heterocycles. The monoisotopic (exact) mass is 395 g/mol. The molecule has 0 aromatic heterocycles. The van der Waals surface area contributed by atoms with E-state index < -0.39 is 33.9 Å². The molecule has 0 fully saturated rings. The van der Waals surface area contributed by atoms with Gasteiger partial charge in [-0.25, -0.2) is 22.4 Å². The largest absolute Gasteiger partial charge is 0.466 e. The van der Waals surface area contributed by atoms with Crippen LogP contribution in [-0.4, -0.2) is 33.6 Å². The molecule has 0 saturated heterocycles. The Bertz CT molecular complexity index is 956. The number of sulfonamides is 1. The van der Waals surface area contributed by atoms with Gasteiger partial charge in [-0.2, -0.15) is 0 Å². The molecule has 0 aliphatic rings. The number of carbonyl (C=O) groups excluding carboxylic acids is 2. The minimum absolute atomic E-state index is 0.00185. The van der Waals surface area contributed by atoms with E-state index in [0.29, 0.717) is 0 Å². The lowest BCUT2D eigenvalue weighted by molar-refractivity contribution is -0.149. The number of ether oxygens (including phenoxy) is 2. The van der Waals surface area contributed by atoms with E-state index in [1.54, 1.807) is 0 Å². The van der Waals surface area contributed by atoms with Crippen LogP contribution in [-0.2, 0) is 24.3 Å². The number of rotatable bonds is 6. The third-order valence-electron chi connectivity index (χ3n) is 3.70. The number of methoxy groups -OCH3 is 1. The van der Waals surface area contributed by atoms with E-state index in [9.17, 15) is 22.4 Å². The third kappa shape index (κ3) is 4.82. The number of esters is 2. The maximum atomic E-state index is 13.6. The summed E-state index contributed by atoms with van der Waals surface area (Å²) in [6.07, 6.45) is -1.07. The van der Waals surface area contributed by atoms with E-state index in [2.05, 4.69) is 9.46 Å². The maximum Gasteiger partial charge on any atom is 0.346 e. The lowest BCUT2D eigenvalue weighted by Gasteiger charge is -2.12. The quantitative estimate of drug-likeness (QED) is 0.755. The Morgan fingerprint density at radius 2 is 1.74 bits per heavy atom. The molecule has 0 aliphatic carbocycles. The summed E-state index contributed by atoms with van der Waals surface area (Å²) in [6.45, 7) is 2.74. The van der Waals surface area contributed by atoms with Gasteiger partial charge in [0.2, 0.25) is 0 Å². The van der Waals surface area contributed by atoms with Crippen molar-refractivity contribution in [3.8, 4) is 0 Å². The Balaban J connectivity index is 2.14. The molecule has 0 bridgehead atoms. The standard InChI is InChI=1S/C18H18FNO6S/c1-11-15(19)5-4-6-16(11)27(23,24)20-14-9-7-13(8-10-14)18(22)26-12(2)17(21)25-3/h4-10,12,20H,1-3H3/t12-/m1/s1. The molecular weight excluding hydrogens is 377 g/mol. The van der Waals surface area contributed by atoms with Crippen molar-refractivity contribution in [1.82, 2.24) is 0 Å². The number of nitrogens with one attached hydrogen (secondary N) is 1. The fourth-order valence-electron chi connectivity index (χ4n) is 2.21. The first-order valence-corrected chi connectivity index (χ1v) is 9.31. The van der Waals surface area contributed by atoms with Crippen molar-refractivity contribution in [2.75, 3.05) is 11.8 Å². The molecule has 1 N–H and O–H groups in total. The molecule has 0 unspecified atom stereocenters. The van der Waals surface area contributed by atoms with Crippen LogP contribution in [0.15, 0.2) is 47.4 Å². The second kappa shape index (κ2) is 8.17. The summed E-state index contributed by atoms with van der Waals surface area (Å²) < 4.78 is 50.2. The number of anilines is 1. The molecule has 9 heteroatoms. The van der Waals surface area contributed by atoms with Crippen molar-refractivity contribution in [2.45, 2.75) is 24.8 Å². The summed E-state index contributed by atoms with van der Waals surface area (Å²) in [5.41, 5.74) is 0.300. The van der Waals surface area contributed by atoms with E-state index >= 15 is 0 Å². The number of benzene rings is 2. The van der Waals surface area contributed by atoms with Crippen LogP contribution in [0.4, 0.5) is 10.1 Å². The van der Waals surface area contributed by atoms with Crippen LogP contribution in [0.3, 0.4) is 0 Å². The zero-order valence-corrected chi connectivity index (χ0v) is 15.7. The molecule has 0 spiro atoms. The summed E-state index contributed by atoms with van der Waals surface area (Å²) in [5, 5.41) is 0. The lowest BCUT2D eigenvalue weighted by Crippen LogP contribution is -2.25. The normalized spacial score (nSPS) is 12.1. The Morgan fingerprint density at radius 1 is 1.11 bits per heavy atom. The van der Waals surface area contributed by atoms with E-state index in [-0.39, 0.29) is 21.7 Å². The predicted octanol–water partition coefficient (Wildman–Crippen LogP) is 2.65. The molecule has 0 radical (unpaired) electrons. The van der Waals surface area contributed by atoms with E-state index in [0.717, 1.165) is 0 Å². The van der Waals surface area contributed by atoms with Crippen LogP contribution in [0.5, 0.6) is 0 Å². The first-order valence-electron chi connectivity index (χ1n) is 7.82. The van der Waals surface area contributed by atoms with E-state index in [4.69, 9.17) is 4.74 Å². The van der Waals surface area contributed by atoms with Crippen LogP contribution in [0, 0.1) is 12.7 Å². The average Bonchev–Trinajstić information content (AvgIpc) is 2.63. The van der Waals surface area contributed by atoms with Crippen molar-refractivity contribution in [1.29, 1.82) is 0 Å². The topological polar surface area (TPSA) is 98.8 Å². The van der Waals surface area contributed by atoms with Gasteiger partial charge in [0, 0.05) is 11.3 Å². The van der Waals surface area contributed by atoms with Crippen LogP contribution in [0.2, 0.25) is 0 Å². The molecule has 1 atom stereocenters. The summed E-state index contributed by atoms with van der Waals surface area (Å²) in [5.74, 6) is -2.09. The second-order valence-corrected chi connectivity index (χ2v) is 7.27. The summed E-state index contributed by atoms with van der Waals surface area (Å²) in [6, 6.07) is 9.14. The Labute approximate surface area is 156 Å². The van der Waals surface area contributed by atoms with E-state index in [1.165, 1.54) is 63.4 Å². The van der Waals surface area contributed by atoms with Crippen molar-refractivity contribution >= 4 is 27.6 Å². The van der Waals surface area contributed by atoms with Crippen molar-refractivity contribution < 1.29 is 31.9 Å². The van der Waals surface area contributed by atoms with Gasteiger partial charge in [0.25, 0.3) is 10.0 Å². The molecule has 2 aromatic carbocycles. The molecule has 0 heterocycles. The molecule has 0 amide bonds. The zero-order valence-electron chi connectivity index (χ0n) is 14.9. The fourth-order valence-corrected chi connectivity index (χ4v) is 3.52. The molecule has 2 aromatic rings. The fraction of sp³-hybridized carbons (Fsp3) is 0.222. The van der Waals surface area contributed by atoms with Crippen LogP contribution in [0.25, 0.3) is 0 Å². The molecule has 0 saturated carbocycles. The summed E-state index contributed by atoms with van der Waals surface area (Å²) >= 11 is 0. The maximum absolute atomic E-state index is 13.6. The third-order valence-corrected chi connectivity index (χ3v) is 5.22. The molecular formula is C18H18FNO6S. The highest BCUT2D eigenvalue weighted by atomic mass is 32.2. The molecule has 27 heavy (non-hydrogen) atoms. The molecule has 2 rings (SSSR count). The highest BCUT2D eigenvalue weighted by Gasteiger charge is 2.21. The SMILES string of the molecule is COC(=O)[C@@H](C)OC(=O)c1ccc(NS(=O)(=O)c2cccc(F)c2C)cc1. The van der Waals surface area contributed by atoms with Gasteiger partial charge in [-0.3, -0.25) is 4.72 Å². The summed E-state index contributed by atoms with van der Waals surface area (Å²) in [4.78, 5) is 23.1. The van der Waals surface area contributed by atoms with Gasteiger partial charge in [-0.15, -0.1) is 0 Å². The van der Waals surface area contributed by atoms with Gasteiger partial charge in [-0.05, 0) is 50.2 Å². The van der Waals surface area contributed by atoms with Crippen LogP contribution in [0.1, 0.15) is 22.8 Å². The van der Waals surface area contributed by atoms with Crippen molar-refractivity contribution in [3.63, 3.8) is 0 Å². The minimum Gasteiger partial charge on any atom is -0.466 e. The highest BCUT2D eigenvalue weighted by Crippen LogP contribution is 2.21. The summed E-state index contributed by atoms with van der Waals surface area (Å²) in [7, 11) is -2.83. The van der Waals surface area contributed by atoms with Gasteiger partial charge in [0.15, 0.2) is 6.10 Å². The Kier molecular flexibility index (Phi) is 6.17. The van der Waals surface area contributed by atoms with Gasteiger partial charge in [-0.1, -0.05) is 6.07 Å². The number of carbonyl (C=O) groups is 2. The van der Waals surface area contributed by atoms with Gasteiger partial charge >= 0.3 is 11.9 Å². The highest BCUT2D eigenvalue weighted by molar-refractivity contribution is 7.92. The number of halogens is 1. The predicted molar refractivity (Wildman–Crippen MR) is 95.3 cm³/mol. The van der Waals surface area contributed by atoms with Crippen LogP contribution >= 0.6 is 0 Å². The Morgan fingerprint density at radius 3 is 2.33 bits per heavy atom. The molecule has 7 nitrogen and oxygen atoms in total. The minimum atomic E-state index is -4.00. The van der Waals surface area contributed by atoms with E-state index in [1.807, 2.05) is 0 Å². The van der Waals surface area contributed by atoms with Crippen LogP contribution < -0.4 is 4.72 Å². The van der Waals surface area contributed by atoms with Gasteiger partial charge in [0.1, 0.15) is 5.82 Å². The smallest absolute Gasteiger partial charge is 0.346 e. The Hall–Kier alpha value is -2.94. The lowest BCUT2D eigenvalue weighted by atomic mass is 10.2. The van der Waals surface area contributed by atoms with Crippen molar-refractivity contribution in [3.05, 3.63) is 59.4 Å².